The van der Waals surface area contributed by atoms with Crippen molar-refractivity contribution in [1.82, 2.24) is 5.32 Å². The van der Waals surface area contributed by atoms with Crippen molar-refractivity contribution in [3.05, 3.63) is 24.3 Å². The minimum atomic E-state index is -0.579. The fourth-order valence-electron chi connectivity index (χ4n) is 1.62. The Morgan fingerprint density at radius 3 is 2.52 bits per heavy atom. The highest BCUT2D eigenvalue weighted by Gasteiger charge is 2.26. The van der Waals surface area contributed by atoms with Gasteiger partial charge in [0.05, 0.1) is 18.6 Å². The first kappa shape index (κ1) is 17.6. The molecule has 0 fully saturated rings. The third-order valence-electron chi connectivity index (χ3n) is 2.98. The molecule has 5 heteroatoms. The van der Waals surface area contributed by atoms with Gasteiger partial charge in [0, 0.05) is 5.88 Å². The maximum absolute atomic E-state index is 11.9. The smallest absolute Gasteiger partial charge is 0.226 e. The maximum Gasteiger partial charge on any atom is 0.226 e. The summed E-state index contributed by atoms with van der Waals surface area (Å²) >= 11 is 5.78. The van der Waals surface area contributed by atoms with E-state index in [1.165, 1.54) is 0 Å². The lowest BCUT2D eigenvalue weighted by atomic mass is 9.95. The molecule has 1 N–H and O–H groups in total. The molecule has 4 nitrogen and oxygen atoms in total. The van der Waals surface area contributed by atoms with E-state index in [2.05, 4.69) is 5.32 Å². The van der Waals surface area contributed by atoms with Crippen LogP contribution in [0.4, 0.5) is 0 Å². The largest absolute Gasteiger partial charge is 0.490 e. The molecule has 0 aliphatic heterocycles. The molecule has 0 aliphatic carbocycles. The summed E-state index contributed by atoms with van der Waals surface area (Å²) in [6.45, 7) is 8.44. The van der Waals surface area contributed by atoms with Crippen molar-refractivity contribution in [1.29, 1.82) is 0 Å². The van der Waals surface area contributed by atoms with Gasteiger partial charge < -0.3 is 14.8 Å². The van der Waals surface area contributed by atoms with Gasteiger partial charge in [-0.05, 0) is 39.8 Å². The zero-order valence-corrected chi connectivity index (χ0v) is 13.9. The summed E-state index contributed by atoms with van der Waals surface area (Å²) in [4.78, 5) is 11.9. The summed E-state index contributed by atoms with van der Waals surface area (Å²) in [5, 5.41) is 2.86. The third-order valence-corrected chi connectivity index (χ3v) is 3.64. The molecule has 0 saturated carbocycles. The Bertz CT molecular complexity index is 463. The quantitative estimate of drug-likeness (QED) is 0.750. The Kier molecular flexibility index (Phi) is 6.82. The number of para-hydroxylation sites is 2. The Labute approximate surface area is 131 Å². The number of alkyl halides is 1. The molecule has 118 valence electrons. The predicted molar refractivity (Wildman–Crippen MR) is 85.2 cm³/mol. The standard InChI is InChI=1S/C16H24ClNO3/c1-5-20-13-8-6-7-9-14(13)21-12(2)10-18-15(19)16(3,4)11-17/h6-9,12H,5,10-11H2,1-4H3,(H,18,19). The molecule has 1 aromatic rings. The number of halogens is 1. The van der Waals surface area contributed by atoms with Gasteiger partial charge in [0.15, 0.2) is 11.5 Å². The molecule has 1 rings (SSSR count). The molecule has 0 heterocycles. The van der Waals surface area contributed by atoms with Crippen LogP contribution in [0.1, 0.15) is 27.7 Å². The van der Waals surface area contributed by atoms with E-state index in [1.54, 1.807) is 0 Å². The van der Waals surface area contributed by atoms with Gasteiger partial charge in [-0.3, -0.25) is 4.79 Å². The van der Waals surface area contributed by atoms with Gasteiger partial charge in [-0.1, -0.05) is 12.1 Å². The lowest BCUT2D eigenvalue weighted by Gasteiger charge is -2.23. The van der Waals surface area contributed by atoms with Crippen LogP contribution in [-0.2, 0) is 4.79 Å². The maximum atomic E-state index is 11.9. The summed E-state index contributed by atoms with van der Waals surface area (Å²) < 4.78 is 11.3. The van der Waals surface area contributed by atoms with Crippen molar-refractivity contribution in [2.45, 2.75) is 33.8 Å². The van der Waals surface area contributed by atoms with Gasteiger partial charge >= 0.3 is 0 Å². The van der Waals surface area contributed by atoms with Crippen LogP contribution >= 0.6 is 11.6 Å². The number of hydrogen-bond donors (Lipinski definition) is 1. The zero-order valence-electron chi connectivity index (χ0n) is 13.1. The monoisotopic (exact) mass is 313 g/mol. The van der Waals surface area contributed by atoms with Crippen molar-refractivity contribution in [2.24, 2.45) is 5.41 Å². The Balaban J connectivity index is 2.55. The number of carbonyl (C=O) groups excluding carboxylic acids is 1. The highest BCUT2D eigenvalue weighted by molar-refractivity contribution is 6.19. The van der Waals surface area contributed by atoms with Crippen molar-refractivity contribution >= 4 is 17.5 Å². The van der Waals surface area contributed by atoms with E-state index in [1.807, 2.05) is 52.0 Å². The normalized spacial score (nSPS) is 12.6. The average Bonchev–Trinajstić information content (AvgIpc) is 2.47. The number of ether oxygens (including phenoxy) is 2. The van der Waals surface area contributed by atoms with Crippen LogP contribution in [0.2, 0.25) is 0 Å². The van der Waals surface area contributed by atoms with Crippen molar-refractivity contribution in [3.63, 3.8) is 0 Å². The second-order valence-corrected chi connectivity index (χ2v) is 5.80. The predicted octanol–water partition coefficient (Wildman–Crippen LogP) is 3.23. The number of carbonyl (C=O) groups is 1. The van der Waals surface area contributed by atoms with Crippen molar-refractivity contribution < 1.29 is 14.3 Å². The van der Waals surface area contributed by atoms with Gasteiger partial charge in [-0.15, -0.1) is 11.6 Å². The summed E-state index contributed by atoms with van der Waals surface area (Å²) in [6, 6.07) is 7.50. The van der Waals surface area contributed by atoms with Crippen molar-refractivity contribution in [2.75, 3.05) is 19.0 Å². The molecular formula is C16H24ClNO3. The molecule has 21 heavy (non-hydrogen) atoms. The lowest BCUT2D eigenvalue weighted by molar-refractivity contribution is -0.128. The number of amides is 1. The third kappa shape index (κ3) is 5.46. The molecule has 1 unspecified atom stereocenters. The average molecular weight is 314 g/mol. The Morgan fingerprint density at radius 1 is 1.33 bits per heavy atom. The Hall–Kier alpha value is -1.42. The molecule has 0 saturated heterocycles. The van der Waals surface area contributed by atoms with Gasteiger partial charge in [-0.25, -0.2) is 0 Å². The van der Waals surface area contributed by atoms with E-state index in [0.717, 1.165) is 0 Å². The molecule has 1 atom stereocenters. The highest BCUT2D eigenvalue weighted by atomic mass is 35.5. The zero-order chi connectivity index (χ0) is 15.9. The van der Waals surface area contributed by atoms with Gasteiger partial charge in [0.2, 0.25) is 5.91 Å². The molecular weight excluding hydrogens is 290 g/mol. The summed E-state index contributed by atoms with van der Waals surface area (Å²) in [5.74, 6) is 1.59. The summed E-state index contributed by atoms with van der Waals surface area (Å²) in [7, 11) is 0. The minimum absolute atomic E-state index is 0.0777. The summed E-state index contributed by atoms with van der Waals surface area (Å²) in [6.07, 6.45) is -0.165. The van der Waals surface area contributed by atoms with Crippen LogP contribution in [0, 0.1) is 5.41 Å². The lowest BCUT2D eigenvalue weighted by Crippen LogP contribution is -2.42. The van der Waals surface area contributed by atoms with E-state index in [9.17, 15) is 4.79 Å². The number of nitrogens with one attached hydrogen (secondary N) is 1. The second-order valence-electron chi connectivity index (χ2n) is 5.54. The van der Waals surface area contributed by atoms with E-state index in [0.29, 0.717) is 24.7 Å². The second kappa shape index (κ2) is 8.13. The van der Waals surface area contributed by atoms with Crippen LogP contribution in [-0.4, -0.2) is 31.0 Å². The van der Waals surface area contributed by atoms with Crippen LogP contribution in [0.15, 0.2) is 24.3 Å². The van der Waals surface area contributed by atoms with Crippen LogP contribution in [0.25, 0.3) is 0 Å². The van der Waals surface area contributed by atoms with Gasteiger partial charge in [0.1, 0.15) is 6.10 Å². The molecule has 1 aromatic carbocycles. The minimum Gasteiger partial charge on any atom is -0.490 e. The topological polar surface area (TPSA) is 47.6 Å². The fourth-order valence-corrected chi connectivity index (χ4v) is 1.74. The fraction of sp³-hybridized carbons (Fsp3) is 0.562. The first-order valence-electron chi connectivity index (χ1n) is 7.13. The Morgan fingerprint density at radius 2 is 1.95 bits per heavy atom. The van der Waals surface area contributed by atoms with Crippen LogP contribution in [0.3, 0.4) is 0 Å². The molecule has 0 bridgehead atoms. The van der Waals surface area contributed by atoms with Gasteiger partial charge in [-0.2, -0.15) is 0 Å². The first-order chi connectivity index (χ1) is 9.90. The van der Waals surface area contributed by atoms with E-state index >= 15 is 0 Å². The van der Waals surface area contributed by atoms with E-state index in [4.69, 9.17) is 21.1 Å². The van der Waals surface area contributed by atoms with Gasteiger partial charge in [0.25, 0.3) is 0 Å². The van der Waals surface area contributed by atoms with E-state index < -0.39 is 5.41 Å². The van der Waals surface area contributed by atoms with Crippen LogP contribution in [0.5, 0.6) is 11.5 Å². The summed E-state index contributed by atoms with van der Waals surface area (Å²) in [5.41, 5.74) is -0.579. The number of benzene rings is 1. The molecule has 0 aromatic heterocycles. The van der Waals surface area contributed by atoms with Crippen LogP contribution < -0.4 is 14.8 Å². The highest BCUT2D eigenvalue weighted by Crippen LogP contribution is 2.27. The first-order valence-corrected chi connectivity index (χ1v) is 7.67. The number of rotatable bonds is 8. The molecule has 0 aliphatic rings. The van der Waals surface area contributed by atoms with Crippen molar-refractivity contribution in [3.8, 4) is 11.5 Å². The number of hydrogen-bond acceptors (Lipinski definition) is 3. The molecule has 1 amide bonds. The van der Waals surface area contributed by atoms with E-state index in [-0.39, 0.29) is 17.9 Å². The molecule has 0 spiro atoms. The SMILES string of the molecule is CCOc1ccccc1OC(C)CNC(=O)C(C)(C)CCl. The molecule has 0 radical (unpaired) electrons.